The van der Waals surface area contributed by atoms with Crippen molar-refractivity contribution in [2.75, 3.05) is 21.3 Å². The Morgan fingerprint density at radius 1 is 0.619 bits per heavy atom. The summed E-state index contributed by atoms with van der Waals surface area (Å²) in [6.07, 6.45) is 1.03. The Kier molecular flexibility index (Phi) is 27.1. The molecule has 0 unspecified atom stereocenters. The van der Waals surface area contributed by atoms with Gasteiger partial charge in [-0.1, -0.05) is 74.5 Å². The summed E-state index contributed by atoms with van der Waals surface area (Å²) >= 11 is 0. The van der Waals surface area contributed by atoms with Crippen LogP contribution in [0.15, 0.2) is 60.7 Å². The van der Waals surface area contributed by atoms with E-state index in [1.165, 1.54) is 18.2 Å². The van der Waals surface area contributed by atoms with E-state index in [-0.39, 0.29) is 0 Å². The van der Waals surface area contributed by atoms with E-state index >= 15 is 0 Å². The molecule has 2 aromatic rings. The summed E-state index contributed by atoms with van der Waals surface area (Å²) in [6.45, 7) is 4.00. The predicted molar refractivity (Wildman–Crippen MR) is 93.4 cm³/mol. The van der Waals surface area contributed by atoms with Gasteiger partial charge in [0.2, 0.25) is 0 Å². The normalized spacial score (nSPS) is 7.24. The van der Waals surface area contributed by atoms with Crippen LogP contribution in [-0.4, -0.2) is 31.5 Å². The molecule has 0 radical (unpaired) electrons. The van der Waals surface area contributed by atoms with Gasteiger partial charge in [-0.3, -0.25) is 0 Å². The van der Waals surface area contributed by atoms with Crippen molar-refractivity contribution in [3.63, 3.8) is 0 Å². The standard InChI is InChI=1S/C13H12.C2H6.CH5N.2CH4O/c1-3-7-12(8-4-1)11-13-9-5-2-6-10-13;4*1-2/h1-10H,11H2;1-2H3;2H2,1H3;2*2H,1H3. The molecule has 3 heteroatoms. The molecule has 0 aliphatic rings. The lowest BCUT2D eigenvalue weighted by atomic mass is 10.1. The minimum Gasteiger partial charge on any atom is -0.400 e. The number of hydrogen-bond acceptors (Lipinski definition) is 3. The fourth-order valence-corrected chi connectivity index (χ4v) is 1.43. The van der Waals surface area contributed by atoms with E-state index in [0.717, 1.165) is 20.6 Å². The summed E-state index contributed by atoms with van der Waals surface area (Å²) in [6, 6.07) is 21.1. The first-order valence-corrected chi connectivity index (χ1v) is 7.00. The molecule has 3 nitrogen and oxygen atoms in total. The van der Waals surface area contributed by atoms with Crippen molar-refractivity contribution < 1.29 is 10.2 Å². The number of nitrogens with two attached hydrogens (primary N) is 1. The van der Waals surface area contributed by atoms with Crippen LogP contribution in [0.5, 0.6) is 0 Å². The van der Waals surface area contributed by atoms with Crippen molar-refractivity contribution in [1.82, 2.24) is 0 Å². The minimum atomic E-state index is 1.00. The average Bonchev–Trinajstić information content (AvgIpc) is 2.64. The van der Waals surface area contributed by atoms with Crippen LogP contribution in [0.25, 0.3) is 0 Å². The summed E-state index contributed by atoms with van der Waals surface area (Å²) in [5.74, 6) is 0. The molecule has 0 aliphatic carbocycles. The molecule has 120 valence electrons. The third-order valence-corrected chi connectivity index (χ3v) is 2.09. The second kappa shape index (κ2) is 23.4. The SMILES string of the molecule is CC.CN.CO.CO.c1ccc(Cc2ccccc2)cc1. The zero-order valence-electron chi connectivity index (χ0n) is 14.0. The Bertz CT molecular complexity index is 326. The van der Waals surface area contributed by atoms with Gasteiger partial charge >= 0.3 is 0 Å². The number of hydrogen-bond donors (Lipinski definition) is 3. The van der Waals surface area contributed by atoms with Crippen molar-refractivity contribution in [3.05, 3.63) is 71.8 Å². The molecule has 0 atom stereocenters. The van der Waals surface area contributed by atoms with Crippen molar-refractivity contribution in [2.45, 2.75) is 20.3 Å². The van der Waals surface area contributed by atoms with Gasteiger partial charge in [0, 0.05) is 14.2 Å². The largest absolute Gasteiger partial charge is 0.400 e. The molecular formula is C18H31NO2. The summed E-state index contributed by atoms with van der Waals surface area (Å²) in [5.41, 5.74) is 7.24. The number of benzene rings is 2. The molecule has 0 saturated carbocycles. The van der Waals surface area contributed by atoms with E-state index in [1.807, 2.05) is 13.8 Å². The highest BCUT2D eigenvalue weighted by atomic mass is 16.2. The van der Waals surface area contributed by atoms with Crippen LogP contribution in [0.2, 0.25) is 0 Å². The first kappa shape index (κ1) is 24.3. The molecule has 4 N–H and O–H groups in total. The molecule has 0 bridgehead atoms. The van der Waals surface area contributed by atoms with Crippen LogP contribution in [0.3, 0.4) is 0 Å². The quantitative estimate of drug-likeness (QED) is 0.797. The zero-order valence-corrected chi connectivity index (χ0v) is 14.0. The zero-order chi connectivity index (χ0) is 16.9. The molecule has 0 spiro atoms. The molecular weight excluding hydrogens is 262 g/mol. The molecule has 0 heterocycles. The predicted octanol–water partition coefficient (Wildman–Crippen LogP) is 3.10. The average molecular weight is 293 g/mol. The van der Waals surface area contributed by atoms with E-state index in [0.29, 0.717) is 0 Å². The smallest absolute Gasteiger partial charge is 0.0319 e. The van der Waals surface area contributed by atoms with Gasteiger partial charge in [0.1, 0.15) is 0 Å². The first-order chi connectivity index (χ1) is 10.4. The highest BCUT2D eigenvalue weighted by Gasteiger charge is 1.92. The van der Waals surface area contributed by atoms with Crippen LogP contribution in [-0.2, 0) is 6.42 Å². The van der Waals surface area contributed by atoms with Crippen molar-refractivity contribution in [1.29, 1.82) is 0 Å². The summed E-state index contributed by atoms with van der Waals surface area (Å²) in [5, 5.41) is 14.0. The maximum absolute atomic E-state index is 7.00. The summed E-state index contributed by atoms with van der Waals surface area (Å²) in [4.78, 5) is 0. The molecule has 0 amide bonds. The monoisotopic (exact) mass is 293 g/mol. The molecule has 2 rings (SSSR count). The third-order valence-electron chi connectivity index (χ3n) is 2.09. The Labute approximate surface area is 130 Å². The Balaban J connectivity index is -0.000000353. The summed E-state index contributed by atoms with van der Waals surface area (Å²) < 4.78 is 0. The number of rotatable bonds is 2. The van der Waals surface area contributed by atoms with E-state index in [2.05, 4.69) is 66.4 Å². The van der Waals surface area contributed by atoms with E-state index in [4.69, 9.17) is 10.2 Å². The molecule has 0 aromatic heterocycles. The Morgan fingerprint density at radius 3 is 1.10 bits per heavy atom. The van der Waals surface area contributed by atoms with Gasteiger partial charge in [-0.05, 0) is 24.6 Å². The second-order valence-electron chi connectivity index (χ2n) is 3.15. The lowest BCUT2D eigenvalue weighted by Gasteiger charge is -2.00. The van der Waals surface area contributed by atoms with E-state index in [9.17, 15) is 0 Å². The topological polar surface area (TPSA) is 66.5 Å². The molecule has 0 aliphatic heterocycles. The highest BCUT2D eigenvalue weighted by molar-refractivity contribution is 5.25. The van der Waals surface area contributed by atoms with Crippen LogP contribution in [0, 0.1) is 0 Å². The van der Waals surface area contributed by atoms with Gasteiger partial charge in [0.15, 0.2) is 0 Å². The van der Waals surface area contributed by atoms with Crippen molar-refractivity contribution >= 4 is 0 Å². The number of aliphatic hydroxyl groups excluding tert-OH is 2. The van der Waals surface area contributed by atoms with Crippen LogP contribution < -0.4 is 5.73 Å². The second-order valence-corrected chi connectivity index (χ2v) is 3.15. The van der Waals surface area contributed by atoms with Gasteiger partial charge in [-0.25, -0.2) is 0 Å². The van der Waals surface area contributed by atoms with Gasteiger partial charge in [-0.15, -0.1) is 0 Å². The summed E-state index contributed by atoms with van der Waals surface area (Å²) in [7, 11) is 3.50. The first-order valence-electron chi connectivity index (χ1n) is 7.00. The molecule has 21 heavy (non-hydrogen) atoms. The molecule has 2 aromatic carbocycles. The van der Waals surface area contributed by atoms with Crippen LogP contribution >= 0.6 is 0 Å². The van der Waals surface area contributed by atoms with Gasteiger partial charge in [0.05, 0.1) is 0 Å². The maximum Gasteiger partial charge on any atom is 0.0319 e. The van der Waals surface area contributed by atoms with Crippen molar-refractivity contribution in [3.8, 4) is 0 Å². The molecule has 0 saturated heterocycles. The lowest BCUT2D eigenvalue weighted by molar-refractivity contribution is 0.399. The van der Waals surface area contributed by atoms with E-state index in [1.54, 1.807) is 0 Å². The third kappa shape index (κ3) is 14.5. The lowest BCUT2D eigenvalue weighted by Crippen LogP contribution is -1.85. The fourth-order valence-electron chi connectivity index (χ4n) is 1.43. The fraction of sp³-hybridized carbons (Fsp3) is 0.333. The van der Waals surface area contributed by atoms with Gasteiger partial charge in [-0.2, -0.15) is 0 Å². The molecule has 0 fully saturated rings. The van der Waals surface area contributed by atoms with Gasteiger partial charge in [0.25, 0.3) is 0 Å². The van der Waals surface area contributed by atoms with Gasteiger partial charge < -0.3 is 15.9 Å². The van der Waals surface area contributed by atoms with E-state index < -0.39 is 0 Å². The maximum atomic E-state index is 7.00. The Morgan fingerprint density at radius 2 is 0.857 bits per heavy atom. The van der Waals surface area contributed by atoms with Crippen LogP contribution in [0.1, 0.15) is 25.0 Å². The van der Waals surface area contributed by atoms with Crippen LogP contribution in [0.4, 0.5) is 0 Å². The highest BCUT2D eigenvalue weighted by Crippen LogP contribution is 2.07. The number of aliphatic hydroxyl groups is 2. The van der Waals surface area contributed by atoms with Crippen molar-refractivity contribution in [2.24, 2.45) is 5.73 Å². The Hall–Kier alpha value is -1.68. The minimum absolute atomic E-state index is 1.00.